The van der Waals surface area contributed by atoms with Gasteiger partial charge in [-0.15, -0.1) is 11.3 Å². The number of rotatable bonds is 5. The summed E-state index contributed by atoms with van der Waals surface area (Å²) in [6.07, 6.45) is 5.32. The zero-order valence-electron chi connectivity index (χ0n) is 17.8. The second-order valence-corrected chi connectivity index (χ2v) is 9.28. The summed E-state index contributed by atoms with van der Waals surface area (Å²) in [5.41, 5.74) is 1.43. The highest BCUT2D eigenvalue weighted by Gasteiger charge is 2.41. The summed E-state index contributed by atoms with van der Waals surface area (Å²) in [5.74, 6) is 0.885. The van der Waals surface area contributed by atoms with Gasteiger partial charge in [0.15, 0.2) is 11.5 Å². The van der Waals surface area contributed by atoms with Gasteiger partial charge in [-0.05, 0) is 44.2 Å². The summed E-state index contributed by atoms with van der Waals surface area (Å²) in [5, 5.41) is 14.6. The maximum atomic E-state index is 13.6. The molecule has 0 spiro atoms. The molecular formula is C22H24N6O2S. The third-order valence-corrected chi connectivity index (χ3v) is 6.73. The molecule has 160 valence electrons. The predicted octanol–water partition coefficient (Wildman–Crippen LogP) is 4.63. The van der Waals surface area contributed by atoms with E-state index in [1.807, 2.05) is 28.3 Å². The molecule has 0 saturated heterocycles. The first-order chi connectivity index (χ1) is 15.0. The van der Waals surface area contributed by atoms with Crippen LogP contribution in [0, 0.1) is 6.92 Å². The first-order valence-corrected chi connectivity index (χ1v) is 11.4. The zero-order chi connectivity index (χ0) is 21.6. The number of nitrogens with zero attached hydrogens (tertiary/aromatic N) is 5. The predicted molar refractivity (Wildman–Crippen MR) is 118 cm³/mol. The minimum absolute atomic E-state index is 0.128. The molecule has 8 nitrogen and oxygen atoms in total. The van der Waals surface area contributed by atoms with Crippen LogP contribution < -0.4 is 5.32 Å². The lowest BCUT2D eigenvalue weighted by molar-refractivity contribution is 0.0893. The molecule has 1 aliphatic rings. The minimum Gasteiger partial charge on any atom is -0.340 e. The summed E-state index contributed by atoms with van der Waals surface area (Å²) in [6.45, 7) is 5.87. The van der Waals surface area contributed by atoms with Gasteiger partial charge in [0.05, 0.1) is 27.7 Å². The molecule has 1 N–H and O–H groups in total. The molecule has 0 bridgehead atoms. The Kier molecular flexibility index (Phi) is 4.85. The number of amides is 1. The van der Waals surface area contributed by atoms with Crippen LogP contribution in [0.25, 0.3) is 21.6 Å². The van der Waals surface area contributed by atoms with E-state index in [2.05, 4.69) is 34.4 Å². The minimum atomic E-state index is -0.610. The van der Waals surface area contributed by atoms with E-state index in [-0.39, 0.29) is 11.9 Å². The number of pyridine rings is 1. The lowest BCUT2D eigenvalue weighted by Gasteiger charge is -2.27. The van der Waals surface area contributed by atoms with Crippen LogP contribution in [0.4, 0.5) is 0 Å². The highest BCUT2D eigenvalue weighted by Crippen LogP contribution is 2.38. The average Bonchev–Trinajstić information content (AvgIpc) is 3.52. The van der Waals surface area contributed by atoms with Crippen molar-refractivity contribution in [2.45, 2.75) is 58.0 Å². The van der Waals surface area contributed by atoms with Crippen LogP contribution in [0.3, 0.4) is 0 Å². The van der Waals surface area contributed by atoms with E-state index in [0.29, 0.717) is 22.9 Å². The SMILES string of the molecule is Cc1nc(C2(NC(=O)c3cc(-c4cccs4)nc4c3cnn4C(C)C)CCCC2)no1. The van der Waals surface area contributed by atoms with Gasteiger partial charge in [0, 0.05) is 13.0 Å². The van der Waals surface area contributed by atoms with Crippen LogP contribution in [0.2, 0.25) is 0 Å². The molecule has 0 radical (unpaired) electrons. The normalized spacial score (nSPS) is 15.7. The van der Waals surface area contributed by atoms with Gasteiger partial charge in [0.1, 0.15) is 5.54 Å². The molecular weight excluding hydrogens is 412 g/mol. The summed E-state index contributed by atoms with van der Waals surface area (Å²) >= 11 is 1.60. The Morgan fingerprint density at radius 1 is 1.29 bits per heavy atom. The summed E-state index contributed by atoms with van der Waals surface area (Å²) in [7, 11) is 0. The summed E-state index contributed by atoms with van der Waals surface area (Å²) < 4.78 is 7.08. The largest absolute Gasteiger partial charge is 0.340 e. The molecule has 0 atom stereocenters. The molecule has 0 aliphatic heterocycles. The standard InChI is InChI=1S/C22H24N6O2S/c1-13(2)28-19-16(12-23-28)15(11-17(25-19)18-7-6-10-31-18)20(29)26-22(8-4-5-9-22)21-24-14(3)30-27-21/h6-7,10-13H,4-5,8-9H2,1-3H3,(H,26,29). The zero-order valence-corrected chi connectivity index (χ0v) is 18.6. The molecule has 1 saturated carbocycles. The van der Waals surface area contributed by atoms with Crippen LogP contribution >= 0.6 is 11.3 Å². The fourth-order valence-electron chi connectivity index (χ4n) is 4.30. The number of carbonyl (C=O) groups excluding carboxylic acids is 1. The number of aryl methyl sites for hydroxylation is 1. The lowest BCUT2D eigenvalue weighted by Crippen LogP contribution is -2.44. The molecule has 4 heterocycles. The highest BCUT2D eigenvalue weighted by molar-refractivity contribution is 7.13. The van der Waals surface area contributed by atoms with E-state index in [1.165, 1.54) is 0 Å². The number of hydrogen-bond donors (Lipinski definition) is 1. The van der Waals surface area contributed by atoms with Crippen LogP contribution in [0.15, 0.2) is 34.3 Å². The Bertz CT molecular complexity index is 1230. The molecule has 5 rings (SSSR count). The van der Waals surface area contributed by atoms with Crippen molar-refractivity contribution in [2.75, 3.05) is 0 Å². The number of nitrogens with one attached hydrogen (secondary N) is 1. The first-order valence-electron chi connectivity index (χ1n) is 10.5. The first kappa shape index (κ1) is 19.9. The number of carbonyl (C=O) groups is 1. The maximum absolute atomic E-state index is 13.6. The Hall–Kier alpha value is -3.07. The van der Waals surface area contributed by atoms with E-state index >= 15 is 0 Å². The second-order valence-electron chi connectivity index (χ2n) is 8.33. The molecule has 4 aromatic heterocycles. The third kappa shape index (κ3) is 3.42. The Morgan fingerprint density at radius 3 is 2.74 bits per heavy atom. The molecule has 9 heteroatoms. The van der Waals surface area contributed by atoms with Gasteiger partial charge in [-0.25, -0.2) is 9.67 Å². The van der Waals surface area contributed by atoms with Crippen molar-refractivity contribution in [3.8, 4) is 10.6 Å². The lowest BCUT2D eigenvalue weighted by atomic mass is 9.95. The fraction of sp³-hybridized carbons (Fsp3) is 0.409. The third-order valence-electron chi connectivity index (χ3n) is 5.84. The van der Waals surface area contributed by atoms with E-state index in [0.717, 1.165) is 41.6 Å². The molecule has 4 aromatic rings. The van der Waals surface area contributed by atoms with Crippen molar-refractivity contribution in [2.24, 2.45) is 0 Å². The number of hydrogen-bond acceptors (Lipinski definition) is 7. The van der Waals surface area contributed by atoms with Crippen LogP contribution in [-0.2, 0) is 5.54 Å². The van der Waals surface area contributed by atoms with Crippen molar-refractivity contribution in [1.29, 1.82) is 0 Å². The van der Waals surface area contributed by atoms with Crippen LogP contribution in [-0.4, -0.2) is 30.8 Å². The van der Waals surface area contributed by atoms with E-state index in [1.54, 1.807) is 24.5 Å². The van der Waals surface area contributed by atoms with Crippen LogP contribution in [0.5, 0.6) is 0 Å². The maximum Gasteiger partial charge on any atom is 0.252 e. The van der Waals surface area contributed by atoms with Crippen molar-refractivity contribution in [3.05, 3.63) is 47.1 Å². The average molecular weight is 437 g/mol. The number of aromatic nitrogens is 5. The number of fused-ring (bicyclic) bond motifs is 1. The van der Waals surface area contributed by atoms with Gasteiger partial charge in [0.25, 0.3) is 5.91 Å². The van der Waals surface area contributed by atoms with Crippen molar-refractivity contribution < 1.29 is 9.32 Å². The molecule has 31 heavy (non-hydrogen) atoms. The van der Waals surface area contributed by atoms with Crippen molar-refractivity contribution in [3.63, 3.8) is 0 Å². The fourth-order valence-corrected chi connectivity index (χ4v) is 4.98. The van der Waals surface area contributed by atoms with Gasteiger partial charge >= 0.3 is 0 Å². The van der Waals surface area contributed by atoms with E-state index in [9.17, 15) is 4.79 Å². The molecule has 0 unspecified atom stereocenters. The van der Waals surface area contributed by atoms with Gasteiger partial charge in [-0.3, -0.25) is 4.79 Å². The topological polar surface area (TPSA) is 98.7 Å². The number of thiophene rings is 1. The molecule has 0 aromatic carbocycles. The summed E-state index contributed by atoms with van der Waals surface area (Å²) in [6, 6.07) is 5.98. The van der Waals surface area contributed by atoms with Crippen LogP contribution in [0.1, 0.15) is 67.6 Å². The Balaban J connectivity index is 1.61. The Labute approximate surface area is 183 Å². The van der Waals surface area contributed by atoms with Crippen molar-refractivity contribution >= 4 is 28.3 Å². The smallest absolute Gasteiger partial charge is 0.252 e. The van der Waals surface area contributed by atoms with E-state index < -0.39 is 5.54 Å². The summed E-state index contributed by atoms with van der Waals surface area (Å²) in [4.78, 5) is 23.9. The molecule has 1 amide bonds. The van der Waals surface area contributed by atoms with Crippen molar-refractivity contribution in [1.82, 2.24) is 30.2 Å². The van der Waals surface area contributed by atoms with Gasteiger partial charge in [-0.2, -0.15) is 10.1 Å². The Morgan fingerprint density at radius 2 is 2.10 bits per heavy atom. The van der Waals surface area contributed by atoms with Gasteiger partial charge in [-0.1, -0.05) is 24.1 Å². The second kappa shape index (κ2) is 7.56. The quantitative estimate of drug-likeness (QED) is 0.490. The van der Waals surface area contributed by atoms with E-state index in [4.69, 9.17) is 9.51 Å². The molecule has 1 fully saturated rings. The van der Waals surface area contributed by atoms with Gasteiger partial charge < -0.3 is 9.84 Å². The highest BCUT2D eigenvalue weighted by atomic mass is 32.1. The molecule has 1 aliphatic carbocycles. The monoisotopic (exact) mass is 436 g/mol. The van der Waals surface area contributed by atoms with Gasteiger partial charge in [0.2, 0.25) is 5.89 Å².